The molecule has 0 saturated heterocycles. The molecule has 0 aromatic carbocycles. The van der Waals surface area contributed by atoms with E-state index in [1.54, 1.807) is 30.2 Å². The maximum Gasteiger partial charge on any atom is 0.418 e. The van der Waals surface area contributed by atoms with Crippen molar-refractivity contribution >= 4 is 34.7 Å². The molecule has 0 bridgehead atoms. The highest BCUT2D eigenvalue weighted by atomic mass is 19.4. The van der Waals surface area contributed by atoms with E-state index in [1.165, 1.54) is 12.4 Å². The molecule has 2 aliphatic carbocycles. The van der Waals surface area contributed by atoms with Crippen molar-refractivity contribution in [3.8, 4) is 11.3 Å². The smallest absolute Gasteiger partial charge is 0.418 e. The fraction of sp³-hybridized carbons (Fsp3) is 0.486. The van der Waals surface area contributed by atoms with Crippen LogP contribution in [0.4, 0.5) is 24.8 Å². The monoisotopic (exact) mass is 694 g/mol. The largest absolute Gasteiger partial charge is 0.480 e. The fourth-order valence-corrected chi connectivity index (χ4v) is 6.92. The first kappa shape index (κ1) is 35.2. The number of anilines is 2. The average molecular weight is 695 g/mol. The number of alkyl halides is 3. The number of aromatic nitrogens is 5. The number of nitrogens with zero attached hydrogens (tertiary/aromatic N) is 6. The average Bonchev–Trinajstić information content (AvgIpc) is 3.69. The molecule has 1 amide bonds. The zero-order valence-electron chi connectivity index (χ0n) is 28.3. The normalized spacial score (nSPS) is 15.9. The molecule has 4 aromatic rings. The lowest BCUT2D eigenvalue weighted by atomic mass is 9.86. The van der Waals surface area contributed by atoms with E-state index in [1.807, 2.05) is 18.9 Å². The van der Waals surface area contributed by atoms with Crippen molar-refractivity contribution in [3.05, 3.63) is 59.2 Å². The second-order valence-corrected chi connectivity index (χ2v) is 13.4. The number of amides is 1. The number of hydrogen-bond acceptors (Lipinski definition) is 9. The van der Waals surface area contributed by atoms with E-state index in [0.29, 0.717) is 50.3 Å². The Labute approximate surface area is 287 Å². The summed E-state index contributed by atoms with van der Waals surface area (Å²) < 4.78 is 48.1. The van der Waals surface area contributed by atoms with E-state index in [9.17, 15) is 22.8 Å². The standard InChI is InChI=1S/C35H41F3N8O4/c1-4-46(18-28(47)48)17-21-7-10-25(39-15-21)32(49)44-33-42-30-27(45(2)19-34(20-50-3)11-5-6-12-34)14-26(41-31(30)43-33)23-13-24(35(36,37)38)29(40-16-23)22-8-9-22/h7,10,13-16,22H,4-6,8-9,11-12,17-20H2,1-3H3,(H,47,48)(H2,41,42,43,44,49). The molecule has 2 saturated carbocycles. The third kappa shape index (κ3) is 7.88. The first-order chi connectivity index (χ1) is 23.9. The number of ether oxygens (including phenoxy) is 1. The maximum absolute atomic E-state index is 14.2. The van der Waals surface area contributed by atoms with Gasteiger partial charge >= 0.3 is 12.1 Å². The Morgan fingerprint density at radius 3 is 2.50 bits per heavy atom. The number of aromatic amines is 1. The van der Waals surface area contributed by atoms with E-state index in [4.69, 9.17) is 9.84 Å². The van der Waals surface area contributed by atoms with Gasteiger partial charge in [0, 0.05) is 56.5 Å². The summed E-state index contributed by atoms with van der Waals surface area (Å²) in [6.45, 7) is 3.85. The van der Waals surface area contributed by atoms with Crippen LogP contribution in [0.5, 0.6) is 0 Å². The van der Waals surface area contributed by atoms with Gasteiger partial charge in [0.05, 0.1) is 35.8 Å². The molecule has 2 fully saturated rings. The Bertz CT molecular complexity index is 1850. The molecule has 3 N–H and O–H groups in total. The summed E-state index contributed by atoms with van der Waals surface area (Å²) >= 11 is 0. The number of carbonyl (C=O) groups excluding carboxylic acids is 1. The van der Waals surface area contributed by atoms with Gasteiger partial charge < -0.3 is 19.7 Å². The molecule has 6 rings (SSSR count). The number of pyridine rings is 3. The van der Waals surface area contributed by atoms with Crippen molar-refractivity contribution in [2.75, 3.05) is 50.6 Å². The van der Waals surface area contributed by atoms with Gasteiger partial charge in [0.15, 0.2) is 5.65 Å². The second kappa shape index (κ2) is 14.3. The zero-order valence-corrected chi connectivity index (χ0v) is 28.3. The summed E-state index contributed by atoms with van der Waals surface area (Å²) in [5.41, 5.74) is 1.97. The molecule has 0 radical (unpaired) electrons. The van der Waals surface area contributed by atoms with Crippen molar-refractivity contribution in [1.29, 1.82) is 0 Å². The molecule has 4 aromatic heterocycles. The van der Waals surface area contributed by atoms with Gasteiger partial charge in [-0.15, -0.1) is 0 Å². The van der Waals surface area contributed by atoms with Gasteiger partial charge in [0.2, 0.25) is 5.95 Å². The SMILES string of the molecule is CCN(CC(=O)O)Cc1ccc(C(=O)Nc2nc3nc(-c4cnc(C5CC5)c(C(F)(F)F)c4)cc(N(C)CC4(COC)CCCC4)c3[nH]2)nc1. The molecule has 15 heteroatoms. The van der Waals surface area contributed by atoms with Gasteiger partial charge in [-0.25, -0.2) is 4.98 Å². The summed E-state index contributed by atoms with van der Waals surface area (Å²) in [5, 5.41) is 11.8. The number of rotatable bonds is 14. The Morgan fingerprint density at radius 2 is 1.88 bits per heavy atom. The predicted octanol–water partition coefficient (Wildman–Crippen LogP) is 6.11. The molecule has 4 heterocycles. The van der Waals surface area contributed by atoms with Crippen molar-refractivity contribution in [3.63, 3.8) is 0 Å². The van der Waals surface area contributed by atoms with Gasteiger partial charge in [0.1, 0.15) is 11.2 Å². The molecule has 0 unspecified atom stereocenters. The van der Waals surface area contributed by atoms with Crippen LogP contribution in [0.1, 0.15) is 78.7 Å². The number of likely N-dealkylation sites (N-methyl/N-ethyl adjacent to an activating group) is 1. The van der Waals surface area contributed by atoms with Gasteiger partial charge in [0.25, 0.3) is 5.91 Å². The van der Waals surface area contributed by atoms with Crippen molar-refractivity contribution in [1.82, 2.24) is 29.8 Å². The van der Waals surface area contributed by atoms with Crippen LogP contribution in [0.2, 0.25) is 0 Å². The highest BCUT2D eigenvalue weighted by Crippen LogP contribution is 2.46. The first-order valence-corrected chi connectivity index (χ1v) is 16.8. The number of imidazole rings is 1. The van der Waals surface area contributed by atoms with Crippen molar-refractivity contribution < 1.29 is 32.6 Å². The second-order valence-electron chi connectivity index (χ2n) is 13.4. The number of hydrogen-bond donors (Lipinski definition) is 3. The highest BCUT2D eigenvalue weighted by molar-refractivity contribution is 6.03. The number of H-pyrrole nitrogens is 1. The maximum atomic E-state index is 14.2. The molecule has 0 spiro atoms. The third-order valence-electron chi connectivity index (χ3n) is 9.52. The molecule has 50 heavy (non-hydrogen) atoms. The number of carboxylic acids is 1. The van der Waals surface area contributed by atoms with E-state index in [2.05, 4.69) is 30.2 Å². The number of halogens is 3. The molecule has 0 aliphatic heterocycles. The Morgan fingerprint density at radius 1 is 1.12 bits per heavy atom. The van der Waals surface area contributed by atoms with Crippen LogP contribution in [-0.4, -0.2) is 87.2 Å². The number of fused-ring (bicyclic) bond motifs is 1. The molecule has 0 atom stereocenters. The van der Waals surface area contributed by atoms with E-state index < -0.39 is 23.6 Å². The quantitative estimate of drug-likeness (QED) is 0.141. The minimum absolute atomic E-state index is 0.0665. The Hall–Kier alpha value is -4.63. The zero-order chi connectivity index (χ0) is 35.6. The van der Waals surface area contributed by atoms with Gasteiger partial charge in [-0.2, -0.15) is 18.2 Å². The molecule has 2 aliphatic rings. The lowest BCUT2D eigenvalue weighted by Crippen LogP contribution is -2.37. The highest BCUT2D eigenvalue weighted by Gasteiger charge is 2.40. The molecular formula is C35H41F3N8O4. The van der Waals surface area contributed by atoms with Gasteiger partial charge in [-0.1, -0.05) is 25.8 Å². The summed E-state index contributed by atoms with van der Waals surface area (Å²) in [5.74, 6) is -1.56. The number of methoxy groups -OCH3 is 1. The molecule has 266 valence electrons. The van der Waals surface area contributed by atoms with Gasteiger partial charge in [-0.3, -0.25) is 29.8 Å². The van der Waals surface area contributed by atoms with E-state index in [-0.39, 0.29) is 52.1 Å². The van der Waals surface area contributed by atoms with Crippen LogP contribution in [0.15, 0.2) is 36.7 Å². The first-order valence-electron chi connectivity index (χ1n) is 16.8. The Kier molecular flexibility index (Phi) is 10.1. The predicted molar refractivity (Wildman–Crippen MR) is 181 cm³/mol. The fourth-order valence-electron chi connectivity index (χ4n) is 6.92. The van der Waals surface area contributed by atoms with Crippen LogP contribution < -0.4 is 10.2 Å². The molecular weight excluding hydrogens is 653 g/mol. The number of carbonyl (C=O) groups is 2. The summed E-state index contributed by atoms with van der Waals surface area (Å²) in [7, 11) is 3.61. The summed E-state index contributed by atoms with van der Waals surface area (Å²) in [6, 6.07) is 6.11. The van der Waals surface area contributed by atoms with E-state index in [0.717, 1.165) is 37.3 Å². The van der Waals surface area contributed by atoms with Crippen molar-refractivity contribution in [2.45, 2.75) is 64.1 Å². The lowest BCUT2D eigenvalue weighted by Gasteiger charge is -2.34. The lowest BCUT2D eigenvalue weighted by molar-refractivity contribution is -0.139. The summed E-state index contributed by atoms with van der Waals surface area (Å²) in [4.78, 5) is 49.0. The van der Waals surface area contributed by atoms with Crippen molar-refractivity contribution in [2.24, 2.45) is 5.41 Å². The van der Waals surface area contributed by atoms with Gasteiger partial charge in [-0.05, 0) is 56.0 Å². The van der Waals surface area contributed by atoms with Crippen LogP contribution in [-0.2, 0) is 22.3 Å². The third-order valence-corrected chi connectivity index (χ3v) is 9.52. The number of carboxylic acid groups (broad SMARTS) is 1. The summed E-state index contributed by atoms with van der Waals surface area (Å²) in [6.07, 6.45) is 3.91. The van der Waals surface area contributed by atoms with E-state index >= 15 is 0 Å². The minimum Gasteiger partial charge on any atom is -0.480 e. The minimum atomic E-state index is -4.57. The molecule has 12 nitrogen and oxygen atoms in total. The van der Waals surface area contributed by atoms with Crippen LogP contribution in [0.3, 0.4) is 0 Å². The Balaban J connectivity index is 1.32. The topological polar surface area (TPSA) is 149 Å². The van der Waals surface area contributed by atoms with Crippen LogP contribution in [0, 0.1) is 5.41 Å². The van der Waals surface area contributed by atoms with Crippen LogP contribution >= 0.6 is 0 Å². The number of nitrogens with one attached hydrogen (secondary N) is 2. The van der Waals surface area contributed by atoms with Crippen LogP contribution in [0.25, 0.3) is 22.4 Å². The number of aliphatic carboxylic acids is 1.